The van der Waals surface area contributed by atoms with E-state index >= 15 is 0 Å². The summed E-state index contributed by atoms with van der Waals surface area (Å²) in [7, 11) is 1.98. The SMILES string of the molecule is Cc1c(NC(C)CC2CCC2)cnn1C. The quantitative estimate of drug-likeness (QED) is 0.822. The summed E-state index contributed by atoms with van der Waals surface area (Å²) in [5, 5.41) is 7.78. The van der Waals surface area contributed by atoms with E-state index in [2.05, 4.69) is 24.3 Å². The first-order valence-electron chi connectivity index (χ1n) is 5.92. The molecule has 0 radical (unpaired) electrons. The Balaban J connectivity index is 1.87. The number of hydrogen-bond acceptors (Lipinski definition) is 2. The maximum absolute atomic E-state index is 4.24. The smallest absolute Gasteiger partial charge is 0.0758 e. The van der Waals surface area contributed by atoms with Gasteiger partial charge in [0.05, 0.1) is 17.6 Å². The second-order valence-electron chi connectivity index (χ2n) is 4.85. The molecule has 0 aromatic carbocycles. The second kappa shape index (κ2) is 4.25. The lowest BCUT2D eigenvalue weighted by atomic mass is 9.81. The fourth-order valence-corrected chi connectivity index (χ4v) is 2.19. The number of aryl methyl sites for hydroxylation is 1. The summed E-state index contributed by atoms with van der Waals surface area (Å²) in [4.78, 5) is 0. The fourth-order valence-electron chi connectivity index (χ4n) is 2.19. The Morgan fingerprint density at radius 2 is 2.33 bits per heavy atom. The maximum atomic E-state index is 4.24. The molecular weight excluding hydrogens is 186 g/mol. The molecule has 84 valence electrons. The van der Waals surface area contributed by atoms with Crippen LogP contribution in [0.2, 0.25) is 0 Å². The highest BCUT2D eigenvalue weighted by atomic mass is 15.3. The van der Waals surface area contributed by atoms with Crippen LogP contribution in [0.1, 0.15) is 38.3 Å². The van der Waals surface area contributed by atoms with Crippen molar-refractivity contribution in [1.29, 1.82) is 0 Å². The lowest BCUT2D eigenvalue weighted by molar-refractivity contribution is 0.286. The van der Waals surface area contributed by atoms with Gasteiger partial charge in [0, 0.05) is 13.1 Å². The molecule has 1 heterocycles. The van der Waals surface area contributed by atoms with Gasteiger partial charge in [0.1, 0.15) is 0 Å². The number of nitrogens with one attached hydrogen (secondary N) is 1. The predicted octanol–water partition coefficient (Wildman–Crippen LogP) is 2.72. The zero-order valence-electron chi connectivity index (χ0n) is 9.95. The molecule has 2 rings (SSSR count). The van der Waals surface area contributed by atoms with Crippen LogP contribution in [-0.4, -0.2) is 15.8 Å². The normalized spacial score (nSPS) is 18.6. The van der Waals surface area contributed by atoms with Gasteiger partial charge in [-0.3, -0.25) is 4.68 Å². The Bertz CT molecular complexity index is 326. The lowest BCUT2D eigenvalue weighted by Gasteiger charge is -2.28. The molecule has 1 aromatic rings. The highest BCUT2D eigenvalue weighted by Gasteiger charge is 2.20. The Morgan fingerprint density at radius 1 is 1.60 bits per heavy atom. The van der Waals surface area contributed by atoms with Gasteiger partial charge in [-0.25, -0.2) is 0 Å². The molecule has 0 amide bonds. The fraction of sp³-hybridized carbons (Fsp3) is 0.750. The molecule has 1 atom stereocenters. The second-order valence-corrected chi connectivity index (χ2v) is 4.85. The van der Waals surface area contributed by atoms with Crippen molar-refractivity contribution < 1.29 is 0 Å². The molecule has 3 nitrogen and oxygen atoms in total. The Morgan fingerprint density at radius 3 is 2.80 bits per heavy atom. The Labute approximate surface area is 91.9 Å². The van der Waals surface area contributed by atoms with Crippen molar-refractivity contribution in [2.75, 3.05) is 5.32 Å². The van der Waals surface area contributed by atoms with E-state index < -0.39 is 0 Å². The van der Waals surface area contributed by atoms with E-state index in [0.29, 0.717) is 6.04 Å². The van der Waals surface area contributed by atoms with Crippen LogP contribution in [0, 0.1) is 12.8 Å². The van der Waals surface area contributed by atoms with Crippen LogP contribution in [-0.2, 0) is 7.05 Å². The van der Waals surface area contributed by atoms with Gasteiger partial charge in [0.25, 0.3) is 0 Å². The minimum atomic E-state index is 0.568. The first-order valence-corrected chi connectivity index (χ1v) is 5.92. The zero-order valence-corrected chi connectivity index (χ0v) is 9.95. The highest BCUT2D eigenvalue weighted by molar-refractivity contribution is 5.46. The molecule has 1 unspecified atom stereocenters. The first-order chi connectivity index (χ1) is 7.16. The molecule has 0 aliphatic heterocycles. The molecule has 1 aliphatic rings. The van der Waals surface area contributed by atoms with Gasteiger partial charge >= 0.3 is 0 Å². The average Bonchev–Trinajstić information content (AvgIpc) is 2.43. The number of aromatic nitrogens is 2. The predicted molar refractivity (Wildman–Crippen MR) is 63.0 cm³/mol. The van der Waals surface area contributed by atoms with Crippen LogP contribution in [0.3, 0.4) is 0 Å². The third-order valence-electron chi connectivity index (χ3n) is 3.55. The summed E-state index contributed by atoms with van der Waals surface area (Å²) in [6, 6.07) is 0.568. The van der Waals surface area contributed by atoms with E-state index in [9.17, 15) is 0 Å². The van der Waals surface area contributed by atoms with Crippen molar-refractivity contribution in [1.82, 2.24) is 9.78 Å². The zero-order chi connectivity index (χ0) is 10.8. The lowest BCUT2D eigenvalue weighted by Crippen LogP contribution is -2.23. The van der Waals surface area contributed by atoms with Gasteiger partial charge in [-0.15, -0.1) is 0 Å². The molecule has 0 bridgehead atoms. The third kappa shape index (κ3) is 2.33. The molecule has 15 heavy (non-hydrogen) atoms. The molecule has 1 aromatic heterocycles. The van der Waals surface area contributed by atoms with Gasteiger partial charge in [0.2, 0.25) is 0 Å². The summed E-state index contributed by atoms with van der Waals surface area (Å²) in [5.74, 6) is 0.962. The molecule has 0 saturated heterocycles. The van der Waals surface area contributed by atoms with E-state index in [1.54, 1.807) is 0 Å². The minimum absolute atomic E-state index is 0.568. The van der Waals surface area contributed by atoms with Crippen molar-refractivity contribution in [2.45, 2.75) is 45.6 Å². The van der Waals surface area contributed by atoms with Crippen molar-refractivity contribution in [3.05, 3.63) is 11.9 Å². The van der Waals surface area contributed by atoms with Gasteiger partial charge in [-0.1, -0.05) is 19.3 Å². The monoisotopic (exact) mass is 207 g/mol. The summed E-state index contributed by atoms with van der Waals surface area (Å²) < 4.78 is 1.92. The molecule has 3 heteroatoms. The number of nitrogens with zero attached hydrogens (tertiary/aromatic N) is 2. The summed E-state index contributed by atoms with van der Waals surface area (Å²) in [6.45, 7) is 4.37. The van der Waals surface area contributed by atoms with E-state index in [1.807, 2.05) is 17.9 Å². The summed E-state index contributed by atoms with van der Waals surface area (Å²) >= 11 is 0. The maximum Gasteiger partial charge on any atom is 0.0758 e. The van der Waals surface area contributed by atoms with Crippen LogP contribution in [0.5, 0.6) is 0 Å². The van der Waals surface area contributed by atoms with Crippen LogP contribution < -0.4 is 5.32 Å². The molecular formula is C12H21N3. The summed E-state index contributed by atoms with van der Waals surface area (Å²) in [6.07, 6.45) is 7.51. The Hall–Kier alpha value is -0.990. The molecule has 1 fully saturated rings. The number of rotatable bonds is 4. The standard InChI is InChI=1S/C12H21N3/c1-9(7-11-5-4-6-11)14-12-8-13-15(3)10(12)2/h8-9,11,14H,4-7H2,1-3H3. The minimum Gasteiger partial charge on any atom is -0.380 e. The van der Waals surface area contributed by atoms with E-state index in [1.165, 1.54) is 37.1 Å². The van der Waals surface area contributed by atoms with E-state index in [4.69, 9.17) is 0 Å². The molecule has 0 spiro atoms. The van der Waals surface area contributed by atoms with E-state index in [0.717, 1.165) is 5.92 Å². The highest BCUT2D eigenvalue weighted by Crippen LogP contribution is 2.31. The molecule has 1 aliphatic carbocycles. The number of anilines is 1. The van der Waals surface area contributed by atoms with Gasteiger partial charge in [0.15, 0.2) is 0 Å². The topological polar surface area (TPSA) is 29.9 Å². The Kier molecular flexibility index (Phi) is 2.98. The van der Waals surface area contributed by atoms with Crippen molar-refractivity contribution >= 4 is 5.69 Å². The van der Waals surface area contributed by atoms with Crippen LogP contribution in [0.15, 0.2) is 6.20 Å². The van der Waals surface area contributed by atoms with Crippen LogP contribution in [0.4, 0.5) is 5.69 Å². The average molecular weight is 207 g/mol. The van der Waals surface area contributed by atoms with Crippen molar-refractivity contribution in [3.8, 4) is 0 Å². The van der Waals surface area contributed by atoms with Gasteiger partial charge in [-0.05, 0) is 26.2 Å². The van der Waals surface area contributed by atoms with Crippen molar-refractivity contribution in [3.63, 3.8) is 0 Å². The largest absolute Gasteiger partial charge is 0.380 e. The third-order valence-corrected chi connectivity index (χ3v) is 3.55. The van der Waals surface area contributed by atoms with Crippen LogP contribution in [0.25, 0.3) is 0 Å². The first kappa shape index (κ1) is 10.5. The van der Waals surface area contributed by atoms with Gasteiger partial charge < -0.3 is 5.32 Å². The van der Waals surface area contributed by atoms with Gasteiger partial charge in [-0.2, -0.15) is 5.10 Å². The summed E-state index contributed by atoms with van der Waals surface area (Å²) in [5.41, 5.74) is 2.40. The molecule has 1 N–H and O–H groups in total. The molecule has 1 saturated carbocycles. The van der Waals surface area contributed by atoms with E-state index in [-0.39, 0.29) is 0 Å². The number of hydrogen-bond donors (Lipinski definition) is 1. The van der Waals surface area contributed by atoms with Crippen molar-refractivity contribution in [2.24, 2.45) is 13.0 Å². The van der Waals surface area contributed by atoms with Crippen LogP contribution >= 0.6 is 0 Å².